The number of aliphatic carboxylic acids is 1. The van der Waals surface area contributed by atoms with Crippen molar-refractivity contribution >= 4 is 27.8 Å². The number of carbonyl (C=O) groups excluding carboxylic acids is 1. The van der Waals surface area contributed by atoms with Gasteiger partial charge in [-0.25, -0.2) is 4.79 Å². The maximum atomic E-state index is 12.8. The Balaban J connectivity index is 2.40. The van der Waals surface area contributed by atoms with E-state index in [1.165, 1.54) is 12.0 Å². The van der Waals surface area contributed by atoms with Crippen LogP contribution < -0.4 is 9.47 Å². The van der Waals surface area contributed by atoms with Crippen molar-refractivity contribution in [1.82, 2.24) is 4.90 Å². The molecular weight excluding hydrogens is 366 g/mol. The van der Waals surface area contributed by atoms with Gasteiger partial charge >= 0.3 is 5.97 Å². The minimum absolute atomic E-state index is 0.325. The first kappa shape index (κ1) is 17.6. The van der Waals surface area contributed by atoms with Gasteiger partial charge in [-0.2, -0.15) is 0 Å². The third kappa shape index (κ3) is 3.15. The van der Waals surface area contributed by atoms with E-state index in [1.807, 2.05) is 6.92 Å². The number of likely N-dealkylation sites (tertiary alicyclic amines) is 1. The average Bonchev–Trinajstić information content (AvgIpc) is 2.91. The zero-order chi connectivity index (χ0) is 17.2. The monoisotopic (exact) mass is 385 g/mol. The van der Waals surface area contributed by atoms with Gasteiger partial charge in [-0.05, 0) is 54.8 Å². The number of carboxylic acids is 1. The summed E-state index contributed by atoms with van der Waals surface area (Å²) >= 11 is 3.38. The van der Waals surface area contributed by atoms with Gasteiger partial charge < -0.3 is 19.5 Å². The van der Waals surface area contributed by atoms with Gasteiger partial charge in [0, 0.05) is 12.1 Å². The number of nitrogens with zero attached hydrogens (tertiary/aromatic N) is 1. The SMILES string of the molecule is CCOc1c(Br)cc(C(=O)N2CCCC2(C)C(=O)O)cc1OC. The van der Waals surface area contributed by atoms with Crippen LogP contribution in [0.15, 0.2) is 16.6 Å². The lowest BCUT2D eigenvalue weighted by Crippen LogP contribution is -2.50. The number of hydrogen-bond acceptors (Lipinski definition) is 4. The topological polar surface area (TPSA) is 76.1 Å². The predicted molar refractivity (Wildman–Crippen MR) is 88.2 cm³/mol. The number of carbonyl (C=O) groups is 2. The molecule has 1 aliphatic rings. The van der Waals surface area contributed by atoms with Crippen molar-refractivity contribution in [2.75, 3.05) is 20.3 Å². The molecule has 1 amide bonds. The van der Waals surface area contributed by atoms with Gasteiger partial charge in [0.25, 0.3) is 5.91 Å². The molecule has 0 bridgehead atoms. The summed E-state index contributed by atoms with van der Waals surface area (Å²) in [7, 11) is 1.50. The number of benzene rings is 1. The molecule has 0 spiro atoms. The molecule has 1 aliphatic heterocycles. The second kappa shape index (κ2) is 6.78. The Morgan fingerprint density at radius 2 is 2.13 bits per heavy atom. The van der Waals surface area contributed by atoms with Crippen molar-refractivity contribution in [2.45, 2.75) is 32.2 Å². The van der Waals surface area contributed by atoms with Crippen LogP contribution in [0.3, 0.4) is 0 Å². The minimum Gasteiger partial charge on any atom is -0.493 e. The van der Waals surface area contributed by atoms with Crippen LogP contribution in [-0.4, -0.2) is 47.7 Å². The molecule has 1 N–H and O–H groups in total. The Labute approximate surface area is 143 Å². The van der Waals surface area contributed by atoms with Crippen molar-refractivity contribution in [2.24, 2.45) is 0 Å². The van der Waals surface area contributed by atoms with E-state index in [-0.39, 0.29) is 5.91 Å². The fraction of sp³-hybridized carbons (Fsp3) is 0.500. The molecule has 1 atom stereocenters. The van der Waals surface area contributed by atoms with Gasteiger partial charge in [-0.3, -0.25) is 4.79 Å². The van der Waals surface area contributed by atoms with Crippen molar-refractivity contribution in [3.63, 3.8) is 0 Å². The van der Waals surface area contributed by atoms with Crippen LogP contribution in [0, 0.1) is 0 Å². The molecule has 0 aliphatic carbocycles. The summed E-state index contributed by atoms with van der Waals surface area (Å²) in [5, 5.41) is 9.46. The third-order valence-electron chi connectivity index (χ3n) is 4.11. The lowest BCUT2D eigenvalue weighted by Gasteiger charge is -2.31. The van der Waals surface area contributed by atoms with Crippen LogP contribution in [0.2, 0.25) is 0 Å². The zero-order valence-corrected chi connectivity index (χ0v) is 15.0. The highest BCUT2D eigenvalue weighted by atomic mass is 79.9. The van der Waals surface area contributed by atoms with E-state index in [0.29, 0.717) is 47.5 Å². The molecule has 1 aromatic rings. The minimum atomic E-state index is -1.17. The molecule has 0 saturated carbocycles. The number of ether oxygens (including phenoxy) is 2. The fourth-order valence-electron chi connectivity index (χ4n) is 2.79. The molecule has 126 valence electrons. The van der Waals surface area contributed by atoms with E-state index in [9.17, 15) is 14.7 Å². The van der Waals surface area contributed by atoms with Gasteiger partial charge in [0.15, 0.2) is 11.5 Å². The number of hydrogen-bond donors (Lipinski definition) is 1. The molecule has 1 aromatic carbocycles. The molecular formula is C16H20BrNO5. The smallest absolute Gasteiger partial charge is 0.329 e. The largest absolute Gasteiger partial charge is 0.493 e. The summed E-state index contributed by atoms with van der Waals surface area (Å²) in [6, 6.07) is 3.22. The van der Waals surface area contributed by atoms with E-state index >= 15 is 0 Å². The van der Waals surface area contributed by atoms with Gasteiger partial charge in [-0.1, -0.05) is 0 Å². The first-order valence-corrected chi connectivity index (χ1v) is 8.20. The summed E-state index contributed by atoms with van der Waals surface area (Å²) in [6.07, 6.45) is 1.12. The highest BCUT2D eigenvalue weighted by molar-refractivity contribution is 9.10. The molecule has 1 heterocycles. The van der Waals surface area contributed by atoms with Crippen LogP contribution in [-0.2, 0) is 4.79 Å². The second-order valence-corrected chi connectivity index (χ2v) is 6.42. The van der Waals surface area contributed by atoms with Crippen molar-refractivity contribution in [1.29, 1.82) is 0 Å². The Morgan fingerprint density at radius 3 is 2.70 bits per heavy atom. The molecule has 1 unspecified atom stereocenters. The van der Waals surface area contributed by atoms with E-state index in [4.69, 9.17) is 9.47 Å². The highest BCUT2D eigenvalue weighted by Gasteiger charge is 2.46. The fourth-order valence-corrected chi connectivity index (χ4v) is 3.35. The summed E-state index contributed by atoms with van der Waals surface area (Å²) < 4.78 is 11.4. The molecule has 1 saturated heterocycles. The molecule has 0 radical (unpaired) electrons. The zero-order valence-electron chi connectivity index (χ0n) is 13.4. The Kier molecular flexibility index (Phi) is 5.19. The highest BCUT2D eigenvalue weighted by Crippen LogP contribution is 2.38. The maximum Gasteiger partial charge on any atom is 0.329 e. The van der Waals surface area contributed by atoms with Crippen molar-refractivity contribution in [3.05, 3.63) is 22.2 Å². The molecule has 23 heavy (non-hydrogen) atoms. The first-order chi connectivity index (χ1) is 10.8. The van der Waals surface area contributed by atoms with Crippen LogP contribution in [0.25, 0.3) is 0 Å². The predicted octanol–water partition coefficient (Wildman–Crippen LogP) is 2.94. The van der Waals surface area contributed by atoms with Gasteiger partial charge in [-0.15, -0.1) is 0 Å². The molecule has 0 aromatic heterocycles. The standard InChI is InChI=1S/C16H20BrNO5/c1-4-23-13-11(17)8-10(9-12(13)22-3)14(19)18-7-5-6-16(18,2)15(20)21/h8-9H,4-7H2,1-3H3,(H,20,21). The number of carboxylic acid groups (broad SMARTS) is 1. The lowest BCUT2D eigenvalue weighted by molar-refractivity contribution is -0.147. The normalized spacial score (nSPS) is 20.4. The number of amides is 1. The summed E-state index contributed by atoms with van der Waals surface area (Å²) in [4.78, 5) is 25.8. The van der Waals surface area contributed by atoms with Crippen molar-refractivity contribution < 1.29 is 24.2 Å². The maximum absolute atomic E-state index is 12.8. The second-order valence-electron chi connectivity index (χ2n) is 5.56. The number of rotatable bonds is 5. The van der Waals surface area contributed by atoms with Gasteiger partial charge in [0.1, 0.15) is 5.54 Å². The number of halogens is 1. The van der Waals surface area contributed by atoms with Gasteiger partial charge in [0.2, 0.25) is 0 Å². The van der Waals surface area contributed by atoms with E-state index < -0.39 is 11.5 Å². The third-order valence-corrected chi connectivity index (χ3v) is 4.70. The Morgan fingerprint density at radius 1 is 1.43 bits per heavy atom. The quantitative estimate of drug-likeness (QED) is 0.842. The summed E-state index contributed by atoms with van der Waals surface area (Å²) in [5.74, 6) is -0.357. The van der Waals surface area contributed by atoms with Crippen LogP contribution in [0.5, 0.6) is 11.5 Å². The number of methoxy groups -OCH3 is 1. The Bertz CT molecular complexity index is 633. The van der Waals surface area contributed by atoms with E-state index in [2.05, 4.69) is 15.9 Å². The van der Waals surface area contributed by atoms with E-state index in [0.717, 1.165) is 0 Å². The van der Waals surface area contributed by atoms with Crippen LogP contribution >= 0.6 is 15.9 Å². The molecule has 1 fully saturated rings. The Hall–Kier alpha value is -1.76. The molecule has 7 heteroatoms. The average molecular weight is 386 g/mol. The lowest BCUT2D eigenvalue weighted by atomic mass is 9.98. The molecule has 6 nitrogen and oxygen atoms in total. The first-order valence-electron chi connectivity index (χ1n) is 7.40. The summed E-state index contributed by atoms with van der Waals surface area (Å²) in [5.41, 5.74) is -0.804. The van der Waals surface area contributed by atoms with Crippen LogP contribution in [0.1, 0.15) is 37.0 Å². The van der Waals surface area contributed by atoms with E-state index in [1.54, 1.807) is 19.1 Å². The molecule has 2 rings (SSSR count). The van der Waals surface area contributed by atoms with Gasteiger partial charge in [0.05, 0.1) is 18.2 Å². The van der Waals surface area contributed by atoms with Crippen LogP contribution in [0.4, 0.5) is 0 Å². The van der Waals surface area contributed by atoms with Crippen molar-refractivity contribution in [3.8, 4) is 11.5 Å². The summed E-state index contributed by atoms with van der Waals surface area (Å²) in [6.45, 7) is 4.33.